The second-order valence-electron chi connectivity index (χ2n) is 5.74. The molecule has 0 fully saturated rings. The number of hydrogen-bond acceptors (Lipinski definition) is 4. The second-order valence-corrected chi connectivity index (χ2v) is 7.49. The van der Waals surface area contributed by atoms with Crippen LogP contribution >= 0.6 is 0 Å². The zero-order valence-corrected chi connectivity index (χ0v) is 13.5. The lowest BCUT2D eigenvalue weighted by atomic mass is 9.96. The molecule has 1 unspecified atom stereocenters. The minimum Gasteiger partial charge on any atom is -0.267 e. The van der Waals surface area contributed by atoms with Crippen molar-refractivity contribution in [3.63, 3.8) is 0 Å². The topological polar surface area (TPSA) is 92.1 Å². The minimum absolute atomic E-state index is 0.149. The van der Waals surface area contributed by atoms with Crippen molar-refractivity contribution in [2.24, 2.45) is 5.11 Å². The first-order chi connectivity index (χ1) is 9.68. The van der Waals surface area contributed by atoms with Gasteiger partial charge in [0, 0.05) is 10.5 Å². The summed E-state index contributed by atoms with van der Waals surface area (Å²) < 4.78 is 30.0. The molecular formula is C14H21N3O3S. The van der Waals surface area contributed by atoms with Gasteiger partial charge in [-0.2, -0.15) is 8.42 Å². The third kappa shape index (κ3) is 5.38. The van der Waals surface area contributed by atoms with Crippen LogP contribution in [0.15, 0.2) is 35.4 Å². The van der Waals surface area contributed by atoms with Gasteiger partial charge in [0.25, 0.3) is 10.1 Å². The van der Waals surface area contributed by atoms with E-state index >= 15 is 0 Å². The molecule has 0 N–H and O–H groups in total. The molecular weight excluding hydrogens is 290 g/mol. The normalized spacial score (nSPS) is 13.8. The quantitative estimate of drug-likeness (QED) is 0.330. The Hall–Kier alpha value is -1.56. The summed E-state index contributed by atoms with van der Waals surface area (Å²) in [7, 11) is -3.81. The van der Waals surface area contributed by atoms with E-state index in [-0.39, 0.29) is 6.42 Å². The van der Waals surface area contributed by atoms with Crippen molar-refractivity contribution in [3.8, 4) is 0 Å². The van der Waals surface area contributed by atoms with E-state index in [2.05, 4.69) is 10.0 Å². The first-order valence-electron chi connectivity index (χ1n) is 6.71. The van der Waals surface area contributed by atoms with E-state index in [4.69, 9.17) is 9.71 Å². The van der Waals surface area contributed by atoms with Crippen LogP contribution in [0.3, 0.4) is 0 Å². The molecule has 0 radical (unpaired) electrons. The smallest absolute Gasteiger partial charge is 0.267 e. The highest BCUT2D eigenvalue weighted by molar-refractivity contribution is 7.87. The van der Waals surface area contributed by atoms with E-state index in [9.17, 15) is 8.42 Å². The molecule has 1 atom stereocenters. The molecule has 1 aromatic rings. The summed E-state index contributed by atoms with van der Waals surface area (Å²) in [6.45, 7) is 6.73. The lowest BCUT2D eigenvalue weighted by Crippen LogP contribution is -2.27. The maximum absolute atomic E-state index is 12.5. The number of nitrogens with zero attached hydrogens (tertiary/aromatic N) is 3. The van der Waals surface area contributed by atoms with Crippen LogP contribution < -0.4 is 0 Å². The highest BCUT2D eigenvalue weighted by Crippen LogP contribution is 2.34. The van der Waals surface area contributed by atoms with E-state index in [1.54, 1.807) is 52.0 Å². The summed E-state index contributed by atoms with van der Waals surface area (Å²) in [5.74, 6) is 0. The number of azide groups is 1. The van der Waals surface area contributed by atoms with E-state index in [1.807, 2.05) is 6.07 Å². The second kappa shape index (κ2) is 6.93. The Bertz CT molecular complexity index is 606. The first-order valence-corrected chi connectivity index (χ1v) is 8.18. The maximum atomic E-state index is 12.5. The van der Waals surface area contributed by atoms with Gasteiger partial charge in [-0.15, -0.1) is 0 Å². The fraction of sp³-hybridized carbons (Fsp3) is 0.571. The molecule has 6 nitrogen and oxygen atoms in total. The van der Waals surface area contributed by atoms with Gasteiger partial charge in [0.2, 0.25) is 0 Å². The Morgan fingerprint density at radius 3 is 2.33 bits per heavy atom. The molecule has 0 spiro atoms. The molecule has 0 bridgehead atoms. The Morgan fingerprint density at radius 2 is 1.86 bits per heavy atom. The molecule has 0 saturated heterocycles. The van der Waals surface area contributed by atoms with Crippen molar-refractivity contribution in [1.29, 1.82) is 0 Å². The number of benzene rings is 1. The fourth-order valence-corrected chi connectivity index (χ4v) is 3.78. The van der Waals surface area contributed by atoms with Crippen LogP contribution in [-0.4, -0.2) is 20.1 Å². The predicted molar refractivity (Wildman–Crippen MR) is 82.2 cm³/mol. The van der Waals surface area contributed by atoms with Crippen LogP contribution in [0.4, 0.5) is 0 Å². The molecule has 21 heavy (non-hydrogen) atoms. The maximum Gasteiger partial charge on any atom is 0.274 e. The summed E-state index contributed by atoms with van der Waals surface area (Å²) in [5.41, 5.74) is 8.40. The van der Waals surface area contributed by atoms with Crippen LogP contribution in [0.2, 0.25) is 0 Å². The van der Waals surface area contributed by atoms with Gasteiger partial charge < -0.3 is 0 Å². The van der Waals surface area contributed by atoms with Crippen LogP contribution in [-0.2, 0) is 14.3 Å². The molecule has 0 amide bonds. The minimum atomic E-state index is -3.81. The van der Waals surface area contributed by atoms with Crippen LogP contribution in [0.5, 0.6) is 0 Å². The number of rotatable bonds is 7. The van der Waals surface area contributed by atoms with Crippen molar-refractivity contribution in [2.45, 2.75) is 51.0 Å². The Morgan fingerprint density at radius 1 is 1.29 bits per heavy atom. The monoisotopic (exact) mass is 311 g/mol. The van der Waals surface area contributed by atoms with Crippen molar-refractivity contribution < 1.29 is 12.6 Å². The molecule has 0 heterocycles. The molecule has 116 valence electrons. The van der Waals surface area contributed by atoms with Crippen LogP contribution in [0, 0.1) is 0 Å². The van der Waals surface area contributed by atoms with Crippen LogP contribution in [0.25, 0.3) is 10.4 Å². The summed E-state index contributed by atoms with van der Waals surface area (Å²) in [5, 5.41) is 2.80. The highest BCUT2D eigenvalue weighted by atomic mass is 32.2. The zero-order chi connectivity index (χ0) is 16.1. The average Bonchev–Trinajstić information content (AvgIpc) is 2.35. The van der Waals surface area contributed by atoms with E-state index in [0.717, 1.165) is 0 Å². The van der Waals surface area contributed by atoms with Crippen LogP contribution in [0.1, 0.15) is 44.9 Å². The van der Waals surface area contributed by atoms with Crippen molar-refractivity contribution >= 4 is 10.1 Å². The van der Waals surface area contributed by atoms with Gasteiger partial charge in [-0.1, -0.05) is 49.3 Å². The van der Waals surface area contributed by atoms with Gasteiger partial charge in [0.05, 0.1) is 6.10 Å². The SMILES string of the molecule is CC(C)OS(=O)(=O)C(CC(C)(C)N=[N+]=[N-])c1ccccc1. The predicted octanol–water partition coefficient (Wildman–Crippen LogP) is 3.96. The third-order valence-corrected chi connectivity index (χ3v) is 4.64. The molecule has 1 rings (SSSR count). The Kier molecular flexibility index (Phi) is 5.78. The van der Waals surface area contributed by atoms with Crippen molar-refractivity contribution in [1.82, 2.24) is 0 Å². The summed E-state index contributed by atoms with van der Waals surface area (Å²) in [4.78, 5) is 2.79. The zero-order valence-electron chi connectivity index (χ0n) is 12.7. The fourth-order valence-electron chi connectivity index (χ4n) is 2.01. The Balaban J connectivity index is 3.22. The highest BCUT2D eigenvalue weighted by Gasteiger charge is 2.34. The lowest BCUT2D eigenvalue weighted by molar-refractivity contribution is 0.241. The van der Waals surface area contributed by atoms with Gasteiger partial charge in [-0.05, 0) is 31.4 Å². The van der Waals surface area contributed by atoms with Gasteiger partial charge in [-0.3, -0.25) is 4.18 Å². The third-order valence-electron chi connectivity index (χ3n) is 2.85. The molecule has 0 aromatic heterocycles. The first kappa shape index (κ1) is 17.5. The summed E-state index contributed by atoms with van der Waals surface area (Å²) in [6.07, 6.45) is -0.292. The molecule has 0 aliphatic heterocycles. The molecule has 1 aromatic carbocycles. The van der Waals surface area contributed by atoms with E-state index in [1.165, 1.54) is 0 Å². The standard InChI is InChI=1S/C14H21N3O3S/c1-11(2)20-21(18,19)13(10-14(3,4)16-17-15)12-8-6-5-7-9-12/h5-9,11,13H,10H2,1-4H3. The number of hydrogen-bond donors (Lipinski definition) is 0. The molecule has 0 aliphatic rings. The molecule has 7 heteroatoms. The average molecular weight is 311 g/mol. The van der Waals surface area contributed by atoms with E-state index in [0.29, 0.717) is 5.56 Å². The van der Waals surface area contributed by atoms with Gasteiger partial charge in [-0.25, -0.2) is 0 Å². The molecule has 0 aliphatic carbocycles. The summed E-state index contributed by atoms with van der Waals surface area (Å²) in [6, 6.07) is 8.83. The van der Waals surface area contributed by atoms with E-state index < -0.39 is 27.0 Å². The van der Waals surface area contributed by atoms with Gasteiger partial charge >= 0.3 is 0 Å². The van der Waals surface area contributed by atoms with Gasteiger partial charge in [0.15, 0.2) is 0 Å². The van der Waals surface area contributed by atoms with Gasteiger partial charge in [0.1, 0.15) is 5.25 Å². The lowest BCUT2D eigenvalue weighted by Gasteiger charge is -2.26. The molecule has 0 saturated carbocycles. The Labute approximate surface area is 125 Å². The largest absolute Gasteiger partial charge is 0.274 e. The van der Waals surface area contributed by atoms with Crippen molar-refractivity contribution in [2.75, 3.05) is 0 Å². The van der Waals surface area contributed by atoms with Crippen molar-refractivity contribution in [3.05, 3.63) is 46.3 Å². The summed E-state index contributed by atoms with van der Waals surface area (Å²) >= 11 is 0.